The topological polar surface area (TPSA) is 54.0 Å². The third-order valence-electron chi connectivity index (χ3n) is 3.33. The normalized spacial score (nSPS) is 18.3. The number of amides is 1. The molecular formula is C14H21N3OS. The Morgan fingerprint density at radius 2 is 2.37 bits per heavy atom. The minimum absolute atomic E-state index is 0.00509. The molecule has 0 aliphatic carbocycles. The second kappa shape index (κ2) is 6.80. The summed E-state index contributed by atoms with van der Waals surface area (Å²) in [5.74, 6) is 3.77. The van der Waals surface area contributed by atoms with Gasteiger partial charge in [0, 0.05) is 24.8 Å². The molecule has 104 valence electrons. The molecule has 0 bridgehead atoms. The summed E-state index contributed by atoms with van der Waals surface area (Å²) in [4.78, 5) is 16.6. The minimum Gasteiger partial charge on any atom is -0.373 e. The molecule has 1 unspecified atom stereocenters. The molecule has 1 aromatic heterocycles. The van der Waals surface area contributed by atoms with Crippen molar-refractivity contribution in [2.45, 2.75) is 19.8 Å². The van der Waals surface area contributed by atoms with Crippen LogP contribution < -0.4 is 10.6 Å². The molecule has 1 aliphatic heterocycles. The van der Waals surface area contributed by atoms with E-state index >= 15 is 0 Å². The Balaban J connectivity index is 2.00. The number of rotatable bonds is 5. The highest BCUT2D eigenvalue weighted by Crippen LogP contribution is 2.22. The number of hydrogen-bond acceptors (Lipinski definition) is 4. The number of anilines is 1. The smallest absolute Gasteiger partial charge is 0.251 e. The Morgan fingerprint density at radius 3 is 3.00 bits per heavy atom. The summed E-state index contributed by atoms with van der Waals surface area (Å²) >= 11 is 1.97. The number of nitrogens with zero attached hydrogens (tertiary/aromatic N) is 1. The molecule has 1 atom stereocenters. The Morgan fingerprint density at radius 1 is 1.53 bits per heavy atom. The van der Waals surface area contributed by atoms with Gasteiger partial charge in [-0.2, -0.15) is 11.8 Å². The molecule has 2 rings (SSSR count). The molecule has 1 aliphatic rings. The highest BCUT2D eigenvalue weighted by atomic mass is 32.2. The number of carbonyl (C=O) groups is 1. The molecule has 1 amide bonds. The van der Waals surface area contributed by atoms with Crippen LogP contribution in [0.5, 0.6) is 0 Å². The second-order valence-electron chi connectivity index (χ2n) is 4.78. The summed E-state index contributed by atoms with van der Waals surface area (Å²) in [6.45, 7) is 2.82. The summed E-state index contributed by atoms with van der Waals surface area (Å²) in [6, 6.07) is 3.68. The van der Waals surface area contributed by atoms with Crippen molar-refractivity contribution in [3.05, 3.63) is 23.4 Å². The number of aromatic nitrogens is 1. The summed E-state index contributed by atoms with van der Waals surface area (Å²) in [5.41, 5.74) is 1.63. The van der Waals surface area contributed by atoms with Crippen molar-refractivity contribution in [1.82, 2.24) is 10.3 Å². The van der Waals surface area contributed by atoms with E-state index in [1.165, 1.54) is 17.9 Å². The summed E-state index contributed by atoms with van der Waals surface area (Å²) in [7, 11) is 1.82. The van der Waals surface area contributed by atoms with Gasteiger partial charge in [0.1, 0.15) is 5.82 Å². The van der Waals surface area contributed by atoms with Crippen LogP contribution in [0.3, 0.4) is 0 Å². The fraction of sp³-hybridized carbons (Fsp3) is 0.571. The number of aryl methyl sites for hydroxylation is 1. The molecule has 1 fully saturated rings. The van der Waals surface area contributed by atoms with Crippen LogP contribution in [0.15, 0.2) is 12.1 Å². The van der Waals surface area contributed by atoms with Crippen LogP contribution in [0.4, 0.5) is 5.82 Å². The molecule has 0 spiro atoms. The predicted molar refractivity (Wildman–Crippen MR) is 80.9 cm³/mol. The lowest BCUT2D eigenvalue weighted by molar-refractivity contribution is 0.0948. The van der Waals surface area contributed by atoms with E-state index in [1.54, 1.807) is 6.07 Å². The quantitative estimate of drug-likeness (QED) is 0.867. The Bertz CT molecular complexity index is 422. The minimum atomic E-state index is 0.00509. The Labute approximate surface area is 118 Å². The van der Waals surface area contributed by atoms with Gasteiger partial charge in [-0.15, -0.1) is 0 Å². The van der Waals surface area contributed by atoms with Gasteiger partial charge in [0.2, 0.25) is 0 Å². The maximum atomic E-state index is 12.2. The summed E-state index contributed by atoms with van der Waals surface area (Å²) < 4.78 is 0. The van der Waals surface area contributed by atoms with E-state index in [9.17, 15) is 4.79 Å². The van der Waals surface area contributed by atoms with Crippen molar-refractivity contribution in [2.75, 3.05) is 30.4 Å². The zero-order valence-corrected chi connectivity index (χ0v) is 12.3. The molecule has 19 heavy (non-hydrogen) atoms. The van der Waals surface area contributed by atoms with E-state index in [-0.39, 0.29) is 5.91 Å². The first-order valence-corrected chi connectivity index (χ1v) is 7.93. The lowest BCUT2D eigenvalue weighted by atomic mass is 10.1. The van der Waals surface area contributed by atoms with Gasteiger partial charge in [0.05, 0.1) is 0 Å². The van der Waals surface area contributed by atoms with Gasteiger partial charge >= 0.3 is 0 Å². The van der Waals surface area contributed by atoms with Crippen LogP contribution in [0.2, 0.25) is 0 Å². The van der Waals surface area contributed by atoms with Crippen LogP contribution in [0.1, 0.15) is 29.4 Å². The van der Waals surface area contributed by atoms with Crippen LogP contribution in [0, 0.1) is 5.92 Å². The van der Waals surface area contributed by atoms with Gasteiger partial charge in [-0.05, 0) is 42.4 Å². The molecule has 0 saturated carbocycles. The predicted octanol–water partition coefficient (Wildman–Crippen LogP) is 2.17. The Kier molecular flexibility index (Phi) is 5.07. The number of pyridine rings is 1. The van der Waals surface area contributed by atoms with Crippen LogP contribution >= 0.6 is 11.8 Å². The van der Waals surface area contributed by atoms with Crippen molar-refractivity contribution in [1.29, 1.82) is 0 Å². The van der Waals surface area contributed by atoms with Crippen molar-refractivity contribution in [2.24, 2.45) is 5.92 Å². The Hall–Kier alpha value is -1.23. The van der Waals surface area contributed by atoms with E-state index in [0.29, 0.717) is 11.5 Å². The monoisotopic (exact) mass is 279 g/mol. The average molecular weight is 279 g/mol. The van der Waals surface area contributed by atoms with Gasteiger partial charge in [-0.25, -0.2) is 4.98 Å². The molecular weight excluding hydrogens is 258 g/mol. The molecule has 0 radical (unpaired) electrons. The average Bonchev–Trinajstić information content (AvgIpc) is 2.97. The number of carbonyl (C=O) groups excluding carboxylic acids is 1. The van der Waals surface area contributed by atoms with Gasteiger partial charge in [0.15, 0.2) is 0 Å². The van der Waals surface area contributed by atoms with Crippen molar-refractivity contribution >= 4 is 23.5 Å². The van der Waals surface area contributed by atoms with Crippen molar-refractivity contribution in [3.8, 4) is 0 Å². The standard InChI is InChI=1S/C14H21N3OS/c1-3-12-6-11(7-13(15-2)17-12)14(18)16-8-10-4-5-19-9-10/h6-7,10H,3-5,8-9H2,1-2H3,(H,15,17)(H,16,18). The number of hydrogen-bond donors (Lipinski definition) is 2. The maximum absolute atomic E-state index is 12.2. The molecule has 1 saturated heterocycles. The largest absolute Gasteiger partial charge is 0.373 e. The van der Waals surface area contributed by atoms with Crippen LogP contribution in [-0.2, 0) is 6.42 Å². The first-order valence-electron chi connectivity index (χ1n) is 6.77. The summed E-state index contributed by atoms with van der Waals surface area (Å²) in [5, 5.41) is 6.04. The SMILES string of the molecule is CCc1cc(C(=O)NCC2CCSC2)cc(NC)n1. The van der Waals surface area contributed by atoms with Crippen molar-refractivity contribution in [3.63, 3.8) is 0 Å². The zero-order chi connectivity index (χ0) is 13.7. The fourth-order valence-corrected chi connectivity index (χ4v) is 3.40. The number of thioether (sulfide) groups is 1. The lowest BCUT2D eigenvalue weighted by Crippen LogP contribution is -2.29. The van der Waals surface area contributed by atoms with Crippen LogP contribution in [0.25, 0.3) is 0 Å². The third kappa shape index (κ3) is 3.86. The van der Waals surface area contributed by atoms with E-state index in [1.807, 2.05) is 31.8 Å². The summed E-state index contributed by atoms with van der Waals surface area (Å²) in [6.07, 6.45) is 2.04. The molecule has 5 heteroatoms. The molecule has 2 N–H and O–H groups in total. The molecule has 1 aromatic rings. The first kappa shape index (κ1) is 14.2. The zero-order valence-electron chi connectivity index (χ0n) is 11.5. The third-order valence-corrected chi connectivity index (χ3v) is 4.57. The highest BCUT2D eigenvalue weighted by molar-refractivity contribution is 7.99. The van der Waals surface area contributed by atoms with Gasteiger partial charge < -0.3 is 10.6 Å². The van der Waals surface area contributed by atoms with Gasteiger partial charge in [0.25, 0.3) is 5.91 Å². The maximum Gasteiger partial charge on any atom is 0.251 e. The molecule has 2 heterocycles. The second-order valence-corrected chi connectivity index (χ2v) is 5.93. The van der Waals surface area contributed by atoms with E-state index < -0.39 is 0 Å². The highest BCUT2D eigenvalue weighted by Gasteiger charge is 2.17. The molecule has 0 aromatic carbocycles. The number of nitrogens with one attached hydrogen (secondary N) is 2. The van der Waals surface area contributed by atoms with E-state index in [2.05, 4.69) is 15.6 Å². The van der Waals surface area contributed by atoms with Crippen LogP contribution in [-0.4, -0.2) is 36.0 Å². The van der Waals surface area contributed by atoms with Gasteiger partial charge in [-0.1, -0.05) is 6.92 Å². The van der Waals surface area contributed by atoms with Crippen molar-refractivity contribution < 1.29 is 4.79 Å². The lowest BCUT2D eigenvalue weighted by Gasteiger charge is -2.11. The van der Waals surface area contributed by atoms with Gasteiger partial charge in [-0.3, -0.25) is 4.79 Å². The van der Waals surface area contributed by atoms with E-state index in [0.717, 1.165) is 24.5 Å². The van der Waals surface area contributed by atoms with E-state index in [4.69, 9.17) is 0 Å². The molecule has 4 nitrogen and oxygen atoms in total. The fourth-order valence-electron chi connectivity index (χ4n) is 2.11. The first-order chi connectivity index (χ1) is 9.22.